The molecule has 0 bridgehead atoms. The molecular formula is C19H19Cl2N3O4S. The molecule has 0 fully saturated rings. The van der Waals surface area contributed by atoms with Gasteiger partial charge in [0.25, 0.3) is 5.91 Å². The number of benzene rings is 2. The van der Waals surface area contributed by atoms with Crippen LogP contribution in [0.2, 0.25) is 10.0 Å². The van der Waals surface area contributed by atoms with Gasteiger partial charge in [0.2, 0.25) is 15.9 Å². The van der Waals surface area contributed by atoms with Crippen LogP contribution in [-0.2, 0) is 21.2 Å². The summed E-state index contributed by atoms with van der Waals surface area (Å²) in [7, 11) is -3.40. The van der Waals surface area contributed by atoms with Crippen molar-refractivity contribution >= 4 is 56.4 Å². The summed E-state index contributed by atoms with van der Waals surface area (Å²) in [6.07, 6.45) is 1.67. The van der Waals surface area contributed by atoms with Crippen molar-refractivity contribution in [3.8, 4) is 0 Å². The third-order valence-corrected chi connectivity index (χ3v) is 6.30. The van der Waals surface area contributed by atoms with Gasteiger partial charge >= 0.3 is 0 Å². The van der Waals surface area contributed by atoms with E-state index in [1.54, 1.807) is 24.3 Å². The molecule has 29 heavy (non-hydrogen) atoms. The molecule has 1 atom stereocenters. The zero-order valence-electron chi connectivity index (χ0n) is 15.7. The van der Waals surface area contributed by atoms with E-state index in [9.17, 15) is 18.0 Å². The second-order valence-corrected chi connectivity index (χ2v) is 9.51. The van der Waals surface area contributed by atoms with Crippen molar-refractivity contribution in [1.82, 2.24) is 5.32 Å². The Bertz CT molecular complexity index is 1090. The summed E-state index contributed by atoms with van der Waals surface area (Å²) in [5.41, 5.74) is 2.04. The van der Waals surface area contributed by atoms with Crippen LogP contribution in [0.15, 0.2) is 36.4 Å². The van der Waals surface area contributed by atoms with Gasteiger partial charge in [0.1, 0.15) is 0 Å². The van der Waals surface area contributed by atoms with Crippen molar-refractivity contribution in [2.45, 2.75) is 19.4 Å². The number of fused-ring (bicyclic) bond motifs is 1. The van der Waals surface area contributed by atoms with Crippen molar-refractivity contribution in [1.29, 1.82) is 0 Å². The van der Waals surface area contributed by atoms with E-state index in [4.69, 9.17) is 23.2 Å². The van der Waals surface area contributed by atoms with Crippen LogP contribution in [0.3, 0.4) is 0 Å². The van der Waals surface area contributed by atoms with Gasteiger partial charge in [-0.1, -0.05) is 23.2 Å². The van der Waals surface area contributed by atoms with Gasteiger partial charge in [-0.3, -0.25) is 13.9 Å². The Morgan fingerprint density at radius 3 is 2.59 bits per heavy atom. The van der Waals surface area contributed by atoms with Gasteiger partial charge in [0, 0.05) is 16.6 Å². The molecule has 0 spiro atoms. The highest BCUT2D eigenvalue weighted by atomic mass is 35.5. The van der Waals surface area contributed by atoms with Gasteiger partial charge in [0.15, 0.2) is 0 Å². The number of nitrogens with one attached hydrogen (secondary N) is 2. The van der Waals surface area contributed by atoms with E-state index in [0.29, 0.717) is 33.4 Å². The molecular weight excluding hydrogens is 437 g/mol. The number of anilines is 2. The van der Waals surface area contributed by atoms with Gasteiger partial charge in [0.05, 0.1) is 29.2 Å². The summed E-state index contributed by atoms with van der Waals surface area (Å²) in [5.74, 6) is -0.897. The van der Waals surface area contributed by atoms with E-state index in [1.807, 2.05) is 6.92 Å². The van der Waals surface area contributed by atoms with Crippen molar-refractivity contribution in [3.05, 3.63) is 57.6 Å². The monoisotopic (exact) mass is 455 g/mol. The Morgan fingerprint density at radius 2 is 1.90 bits per heavy atom. The lowest BCUT2D eigenvalue weighted by Gasteiger charge is -2.21. The van der Waals surface area contributed by atoms with Crippen LogP contribution in [0.1, 0.15) is 22.8 Å². The second kappa shape index (κ2) is 8.22. The van der Waals surface area contributed by atoms with Crippen LogP contribution in [0.4, 0.5) is 11.4 Å². The smallest absolute Gasteiger partial charge is 0.251 e. The number of hydrogen-bond donors (Lipinski definition) is 2. The predicted molar refractivity (Wildman–Crippen MR) is 114 cm³/mol. The van der Waals surface area contributed by atoms with Gasteiger partial charge < -0.3 is 10.6 Å². The molecule has 3 rings (SSSR count). The Balaban J connectivity index is 1.66. The van der Waals surface area contributed by atoms with Crippen molar-refractivity contribution in [2.75, 3.05) is 22.4 Å². The molecule has 2 aromatic carbocycles. The van der Waals surface area contributed by atoms with Crippen LogP contribution in [-0.4, -0.2) is 39.1 Å². The van der Waals surface area contributed by atoms with E-state index in [1.165, 1.54) is 16.4 Å². The lowest BCUT2D eigenvalue weighted by atomic mass is 10.1. The summed E-state index contributed by atoms with van der Waals surface area (Å²) in [5, 5.41) is 5.87. The number of halogens is 2. The quantitative estimate of drug-likeness (QED) is 0.723. The number of sulfonamides is 1. The van der Waals surface area contributed by atoms with E-state index in [2.05, 4.69) is 10.6 Å². The first-order valence-corrected chi connectivity index (χ1v) is 11.3. The molecule has 154 valence electrons. The Morgan fingerprint density at radius 1 is 1.17 bits per heavy atom. The summed E-state index contributed by atoms with van der Waals surface area (Å²) < 4.78 is 25.3. The maximum atomic E-state index is 12.4. The Kier molecular flexibility index (Phi) is 6.07. The molecule has 0 aliphatic carbocycles. The summed E-state index contributed by atoms with van der Waals surface area (Å²) >= 11 is 11.9. The molecule has 0 saturated carbocycles. The lowest BCUT2D eigenvalue weighted by Crippen LogP contribution is -2.34. The van der Waals surface area contributed by atoms with Crippen LogP contribution < -0.4 is 14.9 Å². The molecule has 10 heteroatoms. The van der Waals surface area contributed by atoms with Gasteiger partial charge in [-0.25, -0.2) is 8.42 Å². The number of rotatable bonds is 5. The third-order valence-electron chi connectivity index (χ3n) is 4.46. The van der Waals surface area contributed by atoms with Gasteiger partial charge in [-0.15, -0.1) is 0 Å². The SMILES string of the molecule is C[C@@H]1Cc2cc(C(=O)NCC(=O)Nc3cc(Cl)ccc3Cl)ccc2N1S(C)(=O)=O. The predicted octanol–water partition coefficient (Wildman–Crippen LogP) is 3.07. The Labute approximate surface area is 179 Å². The van der Waals surface area contributed by atoms with Crippen molar-refractivity contribution in [3.63, 3.8) is 0 Å². The number of nitrogens with zero attached hydrogens (tertiary/aromatic N) is 1. The molecule has 2 aromatic rings. The molecule has 2 N–H and O–H groups in total. The minimum atomic E-state index is -3.40. The zero-order chi connectivity index (χ0) is 21.3. The molecule has 0 saturated heterocycles. The minimum absolute atomic E-state index is 0.216. The largest absolute Gasteiger partial charge is 0.343 e. The standard InChI is InChI=1S/C19H19Cl2N3O4S/c1-11-7-13-8-12(3-6-17(13)24(11)29(2,27)28)19(26)22-10-18(25)23-16-9-14(20)4-5-15(16)21/h3-6,8-9,11H,7,10H2,1-2H3,(H,22,26)(H,23,25)/t11-/m1/s1. The molecule has 0 unspecified atom stereocenters. The van der Waals surface area contributed by atoms with Crippen LogP contribution >= 0.6 is 23.2 Å². The van der Waals surface area contributed by atoms with Gasteiger partial charge in [-0.05, 0) is 55.3 Å². The highest BCUT2D eigenvalue weighted by Crippen LogP contribution is 2.34. The zero-order valence-corrected chi connectivity index (χ0v) is 18.0. The van der Waals surface area contributed by atoms with E-state index in [-0.39, 0.29) is 12.6 Å². The second-order valence-electron chi connectivity index (χ2n) is 6.81. The molecule has 1 aliphatic heterocycles. The van der Waals surface area contributed by atoms with Crippen LogP contribution in [0.25, 0.3) is 0 Å². The fraction of sp³-hybridized carbons (Fsp3) is 0.263. The van der Waals surface area contributed by atoms with Gasteiger partial charge in [-0.2, -0.15) is 0 Å². The molecule has 0 aromatic heterocycles. The maximum Gasteiger partial charge on any atom is 0.251 e. The van der Waals surface area contributed by atoms with Crippen LogP contribution in [0.5, 0.6) is 0 Å². The van der Waals surface area contributed by atoms with E-state index >= 15 is 0 Å². The molecule has 0 radical (unpaired) electrons. The minimum Gasteiger partial charge on any atom is -0.343 e. The molecule has 1 heterocycles. The average molecular weight is 456 g/mol. The molecule has 1 aliphatic rings. The lowest BCUT2D eigenvalue weighted by molar-refractivity contribution is -0.115. The normalized spacial score (nSPS) is 15.7. The van der Waals surface area contributed by atoms with E-state index in [0.717, 1.165) is 11.8 Å². The van der Waals surface area contributed by atoms with Crippen LogP contribution in [0, 0.1) is 0 Å². The topological polar surface area (TPSA) is 95.6 Å². The van der Waals surface area contributed by atoms with Crippen molar-refractivity contribution in [2.24, 2.45) is 0 Å². The first-order valence-electron chi connectivity index (χ1n) is 8.71. The average Bonchev–Trinajstić information content (AvgIpc) is 2.97. The summed E-state index contributed by atoms with van der Waals surface area (Å²) in [4.78, 5) is 24.5. The van der Waals surface area contributed by atoms with Crippen molar-refractivity contribution < 1.29 is 18.0 Å². The number of carbonyl (C=O) groups is 2. The summed E-state index contributed by atoms with van der Waals surface area (Å²) in [6, 6.07) is 9.25. The third kappa shape index (κ3) is 4.83. The highest BCUT2D eigenvalue weighted by molar-refractivity contribution is 7.92. The maximum absolute atomic E-state index is 12.4. The molecule has 2 amide bonds. The fourth-order valence-electron chi connectivity index (χ4n) is 3.30. The first-order chi connectivity index (χ1) is 13.6. The highest BCUT2D eigenvalue weighted by Gasteiger charge is 2.32. The summed E-state index contributed by atoms with van der Waals surface area (Å²) in [6.45, 7) is 1.55. The Hall–Kier alpha value is -2.29. The number of carbonyl (C=O) groups excluding carboxylic acids is 2. The number of hydrogen-bond acceptors (Lipinski definition) is 4. The number of amides is 2. The fourth-order valence-corrected chi connectivity index (χ4v) is 4.90. The molecule has 7 nitrogen and oxygen atoms in total. The first kappa shape index (κ1) is 21.4. The van der Waals surface area contributed by atoms with E-state index < -0.39 is 21.8 Å².